The van der Waals surface area contributed by atoms with E-state index in [4.69, 9.17) is 16.3 Å². The molecule has 0 spiro atoms. The molecule has 0 N–H and O–H groups in total. The zero-order chi connectivity index (χ0) is 12.5. The Kier molecular flexibility index (Phi) is 3.39. The lowest BCUT2D eigenvalue weighted by Gasteiger charge is -2.33. The number of aryl methyl sites for hydroxylation is 1. The lowest BCUT2D eigenvalue weighted by molar-refractivity contribution is 0.0302. The van der Waals surface area contributed by atoms with E-state index in [1.54, 1.807) is 0 Å². The van der Waals surface area contributed by atoms with Crippen molar-refractivity contribution >= 4 is 17.4 Å². The van der Waals surface area contributed by atoms with Crippen molar-refractivity contribution in [3.05, 3.63) is 17.0 Å². The monoisotopic (exact) mass is 267 g/mol. The van der Waals surface area contributed by atoms with Crippen molar-refractivity contribution in [1.29, 1.82) is 0 Å². The van der Waals surface area contributed by atoms with Crippen molar-refractivity contribution in [2.75, 3.05) is 18.0 Å². The lowest BCUT2D eigenvalue weighted by Crippen LogP contribution is -2.43. The summed E-state index contributed by atoms with van der Waals surface area (Å²) in [6.45, 7) is 3.98. The SMILES string of the molecule is CCCc1nc(Cl)cc(N2CC3CCC(C2)O3)n1. The van der Waals surface area contributed by atoms with Gasteiger partial charge in [0.2, 0.25) is 0 Å². The van der Waals surface area contributed by atoms with Crippen LogP contribution < -0.4 is 4.90 Å². The van der Waals surface area contributed by atoms with Gasteiger partial charge in [-0.2, -0.15) is 0 Å². The summed E-state index contributed by atoms with van der Waals surface area (Å²) >= 11 is 6.08. The van der Waals surface area contributed by atoms with E-state index in [-0.39, 0.29) is 0 Å². The minimum absolute atomic E-state index is 0.368. The third-order valence-corrected chi connectivity index (χ3v) is 3.76. The fourth-order valence-corrected chi connectivity index (χ4v) is 2.95. The fourth-order valence-electron chi connectivity index (χ4n) is 2.75. The molecule has 2 atom stereocenters. The van der Waals surface area contributed by atoms with Crippen LogP contribution in [0.15, 0.2) is 6.07 Å². The first-order chi connectivity index (χ1) is 8.74. The average Bonchev–Trinajstić information content (AvgIpc) is 2.68. The number of halogens is 1. The molecular formula is C13H18ClN3O. The van der Waals surface area contributed by atoms with Crippen molar-refractivity contribution in [1.82, 2.24) is 9.97 Å². The van der Waals surface area contributed by atoms with Gasteiger partial charge in [0.1, 0.15) is 16.8 Å². The van der Waals surface area contributed by atoms with Crippen molar-refractivity contribution in [2.24, 2.45) is 0 Å². The molecule has 18 heavy (non-hydrogen) atoms. The molecule has 2 aliphatic rings. The molecule has 4 nitrogen and oxygen atoms in total. The van der Waals surface area contributed by atoms with Gasteiger partial charge in [0.05, 0.1) is 12.2 Å². The van der Waals surface area contributed by atoms with E-state index in [1.807, 2.05) is 6.07 Å². The highest BCUT2D eigenvalue weighted by molar-refractivity contribution is 6.29. The number of aromatic nitrogens is 2. The third-order valence-electron chi connectivity index (χ3n) is 3.57. The number of rotatable bonds is 3. The van der Waals surface area contributed by atoms with Gasteiger partial charge in [-0.1, -0.05) is 18.5 Å². The van der Waals surface area contributed by atoms with Crippen LogP contribution in [0, 0.1) is 0 Å². The van der Waals surface area contributed by atoms with Crippen LogP contribution in [0.25, 0.3) is 0 Å². The summed E-state index contributed by atoms with van der Waals surface area (Å²) in [5.41, 5.74) is 0. The van der Waals surface area contributed by atoms with E-state index in [0.29, 0.717) is 17.4 Å². The molecule has 3 heterocycles. The maximum atomic E-state index is 6.08. The summed E-state index contributed by atoms with van der Waals surface area (Å²) in [7, 11) is 0. The maximum Gasteiger partial charge on any atom is 0.134 e. The van der Waals surface area contributed by atoms with Gasteiger partial charge in [0, 0.05) is 25.6 Å². The predicted octanol–water partition coefficient (Wildman–Crippen LogP) is 2.45. The van der Waals surface area contributed by atoms with Crippen LogP contribution in [0.3, 0.4) is 0 Å². The Bertz CT molecular complexity index is 428. The molecule has 0 radical (unpaired) electrons. The predicted molar refractivity (Wildman–Crippen MR) is 71.1 cm³/mol. The topological polar surface area (TPSA) is 38.2 Å². The summed E-state index contributed by atoms with van der Waals surface area (Å²) in [6.07, 6.45) is 4.99. The fraction of sp³-hybridized carbons (Fsp3) is 0.692. The van der Waals surface area contributed by atoms with Gasteiger partial charge >= 0.3 is 0 Å². The van der Waals surface area contributed by atoms with Crippen LogP contribution in [-0.4, -0.2) is 35.3 Å². The van der Waals surface area contributed by atoms with Crippen molar-refractivity contribution < 1.29 is 4.74 Å². The highest BCUT2D eigenvalue weighted by Crippen LogP contribution is 2.29. The number of hydrogen-bond donors (Lipinski definition) is 0. The molecule has 5 heteroatoms. The largest absolute Gasteiger partial charge is 0.371 e. The number of hydrogen-bond acceptors (Lipinski definition) is 4. The number of fused-ring (bicyclic) bond motifs is 2. The van der Waals surface area contributed by atoms with E-state index in [2.05, 4.69) is 21.8 Å². The van der Waals surface area contributed by atoms with E-state index in [9.17, 15) is 0 Å². The normalized spacial score (nSPS) is 26.7. The number of nitrogens with zero attached hydrogens (tertiary/aromatic N) is 3. The molecule has 0 aliphatic carbocycles. The van der Waals surface area contributed by atoms with Crippen molar-refractivity contribution in [3.8, 4) is 0 Å². The zero-order valence-corrected chi connectivity index (χ0v) is 11.4. The molecule has 0 aromatic carbocycles. The molecule has 2 fully saturated rings. The average molecular weight is 268 g/mol. The van der Waals surface area contributed by atoms with E-state index in [1.165, 1.54) is 12.8 Å². The Morgan fingerprint density at radius 3 is 2.72 bits per heavy atom. The Morgan fingerprint density at radius 2 is 2.06 bits per heavy atom. The second kappa shape index (κ2) is 5.02. The van der Waals surface area contributed by atoms with Crippen LogP contribution in [0.2, 0.25) is 5.15 Å². The Hall–Kier alpha value is -0.870. The second-order valence-electron chi connectivity index (χ2n) is 5.08. The Morgan fingerprint density at radius 1 is 1.33 bits per heavy atom. The van der Waals surface area contributed by atoms with Gasteiger partial charge in [0.25, 0.3) is 0 Å². The third kappa shape index (κ3) is 2.45. The van der Waals surface area contributed by atoms with Crippen LogP contribution in [0.5, 0.6) is 0 Å². The van der Waals surface area contributed by atoms with Crippen molar-refractivity contribution in [2.45, 2.75) is 44.8 Å². The van der Waals surface area contributed by atoms with Crippen LogP contribution in [0.4, 0.5) is 5.82 Å². The van der Waals surface area contributed by atoms with E-state index in [0.717, 1.165) is 37.6 Å². The smallest absolute Gasteiger partial charge is 0.134 e. The minimum Gasteiger partial charge on any atom is -0.371 e. The van der Waals surface area contributed by atoms with Gasteiger partial charge in [0.15, 0.2) is 0 Å². The molecule has 1 aromatic heterocycles. The molecule has 2 unspecified atom stereocenters. The van der Waals surface area contributed by atoms with Crippen LogP contribution in [-0.2, 0) is 11.2 Å². The summed E-state index contributed by atoms with van der Waals surface area (Å²) < 4.78 is 5.84. The summed E-state index contributed by atoms with van der Waals surface area (Å²) in [4.78, 5) is 11.2. The first-order valence-electron chi connectivity index (χ1n) is 6.68. The first-order valence-corrected chi connectivity index (χ1v) is 7.06. The lowest BCUT2D eigenvalue weighted by atomic mass is 10.2. The number of morpholine rings is 1. The summed E-state index contributed by atoms with van der Waals surface area (Å²) in [5, 5.41) is 0.544. The maximum absolute atomic E-state index is 6.08. The quantitative estimate of drug-likeness (QED) is 0.789. The number of ether oxygens (including phenoxy) is 1. The molecule has 1 aromatic rings. The highest BCUT2D eigenvalue weighted by Gasteiger charge is 2.34. The van der Waals surface area contributed by atoms with Gasteiger partial charge < -0.3 is 9.64 Å². The van der Waals surface area contributed by atoms with Gasteiger partial charge in [-0.3, -0.25) is 0 Å². The van der Waals surface area contributed by atoms with E-state index >= 15 is 0 Å². The molecule has 3 rings (SSSR count). The molecule has 2 bridgehead atoms. The van der Waals surface area contributed by atoms with Gasteiger partial charge in [-0.15, -0.1) is 0 Å². The molecule has 2 aliphatic heterocycles. The standard InChI is InChI=1S/C13H18ClN3O/c1-2-3-12-15-11(14)6-13(16-12)17-7-9-4-5-10(8-17)18-9/h6,9-10H,2-5,7-8H2,1H3. The van der Waals surface area contributed by atoms with Crippen LogP contribution in [0.1, 0.15) is 32.0 Å². The molecule has 0 amide bonds. The minimum atomic E-state index is 0.368. The Balaban J connectivity index is 1.82. The van der Waals surface area contributed by atoms with Gasteiger partial charge in [-0.05, 0) is 19.3 Å². The first kappa shape index (κ1) is 12.2. The number of anilines is 1. The van der Waals surface area contributed by atoms with Gasteiger partial charge in [-0.25, -0.2) is 9.97 Å². The van der Waals surface area contributed by atoms with E-state index < -0.39 is 0 Å². The molecule has 2 saturated heterocycles. The second-order valence-corrected chi connectivity index (χ2v) is 5.46. The molecule has 0 saturated carbocycles. The van der Waals surface area contributed by atoms with Crippen LogP contribution >= 0.6 is 11.6 Å². The molecule has 98 valence electrons. The highest BCUT2D eigenvalue weighted by atomic mass is 35.5. The summed E-state index contributed by atoms with van der Waals surface area (Å²) in [5.74, 6) is 1.80. The zero-order valence-electron chi connectivity index (χ0n) is 10.6. The Labute approximate surface area is 112 Å². The molecular weight excluding hydrogens is 250 g/mol. The summed E-state index contributed by atoms with van der Waals surface area (Å²) in [6, 6.07) is 1.87. The van der Waals surface area contributed by atoms with Crippen molar-refractivity contribution in [3.63, 3.8) is 0 Å².